The van der Waals surface area contributed by atoms with Crippen LogP contribution in [-0.2, 0) is 9.53 Å². The molecule has 0 amide bonds. The second-order valence-corrected chi connectivity index (χ2v) is 5.87. The lowest BCUT2D eigenvalue weighted by atomic mass is 10.1. The van der Waals surface area contributed by atoms with Gasteiger partial charge in [0.2, 0.25) is 0 Å². The lowest BCUT2D eigenvalue weighted by Crippen LogP contribution is -2.31. The molecule has 1 unspecified atom stereocenters. The van der Waals surface area contributed by atoms with Crippen LogP contribution in [0, 0.1) is 0 Å². The van der Waals surface area contributed by atoms with Crippen molar-refractivity contribution in [2.75, 3.05) is 27.2 Å². The fraction of sp³-hybridized carbons (Fsp3) is 0.889. The minimum absolute atomic E-state index is 0.113. The van der Waals surface area contributed by atoms with Crippen molar-refractivity contribution < 1.29 is 9.53 Å². The highest BCUT2D eigenvalue weighted by atomic mass is 127. The summed E-state index contributed by atoms with van der Waals surface area (Å²) < 4.78 is 4.75. The molecule has 3 nitrogen and oxygen atoms in total. The molecule has 0 rings (SSSR count). The molecular weight excluding hydrogens is 281 g/mol. The molecule has 0 saturated heterocycles. The van der Waals surface area contributed by atoms with Crippen molar-refractivity contribution in [2.24, 2.45) is 0 Å². The molecule has 0 spiro atoms. The Morgan fingerprint density at radius 3 is 2.46 bits per heavy atom. The molecule has 0 fully saturated rings. The zero-order chi connectivity index (χ0) is 10.5. The summed E-state index contributed by atoms with van der Waals surface area (Å²) in [5, 5.41) is 0. The van der Waals surface area contributed by atoms with E-state index in [-0.39, 0.29) is 9.39 Å². The second-order valence-electron chi connectivity index (χ2n) is 3.49. The van der Waals surface area contributed by atoms with Crippen molar-refractivity contribution in [3.8, 4) is 0 Å². The summed E-state index contributed by atoms with van der Waals surface area (Å²) in [4.78, 5) is 13.4. The van der Waals surface area contributed by atoms with Crippen LogP contribution in [0.5, 0.6) is 0 Å². The highest BCUT2D eigenvalue weighted by Crippen LogP contribution is 2.23. The van der Waals surface area contributed by atoms with E-state index in [2.05, 4.69) is 22.6 Å². The first kappa shape index (κ1) is 13.2. The number of esters is 1. The van der Waals surface area contributed by atoms with Gasteiger partial charge in [-0.1, -0.05) is 29.5 Å². The summed E-state index contributed by atoms with van der Waals surface area (Å²) in [7, 11) is 3.91. The number of carbonyl (C=O) groups excluding carboxylic acids is 1. The predicted octanol–water partition coefficient (Wildman–Crippen LogP) is 1.69. The maximum Gasteiger partial charge on any atom is 0.321 e. The fourth-order valence-corrected chi connectivity index (χ4v) is 0.771. The van der Waals surface area contributed by atoms with E-state index in [0.29, 0.717) is 6.61 Å². The van der Waals surface area contributed by atoms with Crippen LogP contribution in [0.3, 0.4) is 0 Å². The van der Waals surface area contributed by atoms with Crippen LogP contribution < -0.4 is 0 Å². The van der Waals surface area contributed by atoms with E-state index >= 15 is 0 Å². The smallest absolute Gasteiger partial charge is 0.321 e. The Kier molecular flexibility index (Phi) is 5.87. The Balaban J connectivity index is 3.75. The van der Waals surface area contributed by atoms with Crippen molar-refractivity contribution >= 4 is 28.6 Å². The van der Waals surface area contributed by atoms with Crippen molar-refractivity contribution in [1.29, 1.82) is 0 Å². The van der Waals surface area contributed by atoms with Gasteiger partial charge in [0, 0.05) is 6.54 Å². The van der Waals surface area contributed by atoms with E-state index in [1.807, 2.05) is 32.8 Å². The normalized spacial score (nSPS) is 15.5. The summed E-state index contributed by atoms with van der Waals surface area (Å²) in [6.45, 7) is 5.14. The van der Waals surface area contributed by atoms with Crippen molar-refractivity contribution in [3.63, 3.8) is 0 Å². The zero-order valence-electron chi connectivity index (χ0n) is 8.76. The van der Waals surface area contributed by atoms with E-state index < -0.39 is 0 Å². The van der Waals surface area contributed by atoms with E-state index in [9.17, 15) is 4.79 Å². The summed E-state index contributed by atoms with van der Waals surface area (Å²) in [5.41, 5.74) is 0. The van der Waals surface area contributed by atoms with Crippen LogP contribution in [0.4, 0.5) is 0 Å². The van der Waals surface area contributed by atoms with Crippen LogP contribution in [0.1, 0.15) is 20.3 Å². The van der Waals surface area contributed by atoms with Gasteiger partial charge in [-0.3, -0.25) is 4.79 Å². The van der Waals surface area contributed by atoms with Crippen LogP contribution in [0.2, 0.25) is 0 Å². The molecule has 0 heterocycles. The first-order chi connectivity index (χ1) is 5.90. The maximum atomic E-state index is 11.4. The maximum absolute atomic E-state index is 11.4. The minimum Gasteiger partial charge on any atom is -0.463 e. The lowest BCUT2D eigenvalue weighted by Gasteiger charge is -2.19. The van der Waals surface area contributed by atoms with E-state index in [1.165, 1.54) is 0 Å². The average molecular weight is 299 g/mol. The first-order valence-electron chi connectivity index (χ1n) is 4.41. The van der Waals surface area contributed by atoms with Crippen molar-refractivity contribution in [1.82, 2.24) is 4.90 Å². The molecule has 0 aromatic rings. The molecule has 1 atom stereocenters. The summed E-state index contributed by atoms with van der Waals surface area (Å²) in [6, 6.07) is 0. The van der Waals surface area contributed by atoms with Gasteiger partial charge in [-0.05, 0) is 27.4 Å². The van der Waals surface area contributed by atoms with Gasteiger partial charge >= 0.3 is 5.97 Å². The largest absolute Gasteiger partial charge is 0.463 e. The number of alkyl halides is 1. The van der Waals surface area contributed by atoms with Crippen LogP contribution >= 0.6 is 22.6 Å². The number of nitrogens with zero attached hydrogens (tertiary/aromatic N) is 1. The molecule has 0 aromatic carbocycles. The predicted molar refractivity (Wildman–Crippen MR) is 62.2 cm³/mol. The van der Waals surface area contributed by atoms with Gasteiger partial charge in [-0.25, -0.2) is 0 Å². The molecule has 0 N–H and O–H groups in total. The SMILES string of the molecule is CCC(C)(I)C(=O)OCCN(C)C. The molecule has 0 bridgehead atoms. The Bertz CT molecular complexity index is 169. The third-order valence-electron chi connectivity index (χ3n) is 1.86. The number of likely N-dealkylation sites (N-methyl/N-ethyl adjacent to an activating group) is 1. The molecule has 0 saturated carbocycles. The molecule has 78 valence electrons. The molecule has 0 aliphatic heterocycles. The number of carbonyl (C=O) groups is 1. The fourth-order valence-electron chi connectivity index (χ4n) is 0.616. The van der Waals surface area contributed by atoms with E-state index in [0.717, 1.165) is 13.0 Å². The number of ether oxygens (including phenoxy) is 1. The monoisotopic (exact) mass is 299 g/mol. The number of halogens is 1. The van der Waals surface area contributed by atoms with Crippen LogP contribution in [0.15, 0.2) is 0 Å². The molecule has 0 aliphatic rings. The number of rotatable bonds is 5. The van der Waals surface area contributed by atoms with Gasteiger partial charge in [0.1, 0.15) is 10.0 Å². The summed E-state index contributed by atoms with van der Waals surface area (Å²) >= 11 is 2.13. The Morgan fingerprint density at radius 2 is 2.08 bits per heavy atom. The summed E-state index contributed by atoms with van der Waals surface area (Å²) in [5.74, 6) is -0.113. The van der Waals surface area contributed by atoms with Crippen molar-refractivity contribution in [3.05, 3.63) is 0 Å². The first-order valence-corrected chi connectivity index (χ1v) is 5.49. The standard InChI is InChI=1S/C9H18INO2/c1-5-9(2,10)8(12)13-7-6-11(3)4/h5-7H2,1-4H3. The van der Waals surface area contributed by atoms with Gasteiger partial charge in [0.25, 0.3) is 0 Å². The van der Waals surface area contributed by atoms with Gasteiger partial charge in [0.15, 0.2) is 0 Å². The van der Waals surface area contributed by atoms with E-state index in [4.69, 9.17) is 4.74 Å². The van der Waals surface area contributed by atoms with E-state index in [1.54, 1.807) is 0 Å². The Hall–Kier alpha value is 0.160. The average Bonchev–Trinajstić information content (AvgIpc) is 2.03. The zero-order valence-corrected chi connectivity index (χ0v) is 10.9. The molecule has 4 heteroatoms. The number of hydrogen-bond acceptors (Lipinski definition) is 3. The molecule has 13 heavy (non-hydrogen) atoms. The highest BCUT2D eigenvalue weighted by Gasteiger charge is 2.29. The Labute approximate surface area is 94.0 Å². The lowest BCUT2D eigenvalue weighted by molar-refractivity contribution is -0.145. The van der Waals surface area contributed by atoms with Crippen LogP contribution in [0.25, 0.3) is 0 Å². The number of hydrogen-bond donors (Lipinski definition) is 0. The highest BCUT2D eigenvalue weighted by molar-refractivity contribution is 14.1. The third kappa shape index (κ3) is 5.46. The molecule has 0 aliphatic carbocycles. The molecular formula is C9H18INO2. The van der Waals surface area contributed by atoms with Gasteiger partial charge in [0.05, 0.1) is 0 Å². The van der Waals surface area contributed by atoms with Gasteiger partial charge in [-0.2, -0.15) is 0 Å². The van der Waals surface area contributed by atoms with Crippen molar-refractivity contribution in [2.45, 2.75) is 23.7 Å². The molecule has 0 aromatic heterocycles. The second kappa shape index (κ2) is 5.80. The van der Waals surface area contributed by atoms with Crippen LogP contribution in [-0.4, -0.2) is 41.5 Å². The Morgan fingerprint density at radius 1 is 1.54 bits per heavy atom. The third-order valence-corrected chi connectivity index (χ3v) is 3.06. The minimum atomic E-state index is -0.371. The molecule has 0 radical (unpaired) electrons. The topological polar surface area (TPSA) is 29.5 Å². The quantitative estimate of drug-likeness (QED) is 0.439. The van der Waals surface area contributed by atoms with Gasteiger partial charge in [-0.15, -0.1) is 0 Å². The van der Waals surface area contributed by atoms with Gasteiger partial charge < -0.3 is 9.64 Å². The summed E-state index contributed by atoms with van der Waals surface area (Å²) in [6.07, 6.45) is 0.800.